The van der Waals surface area contributed by atoms with Crippen molar-refractivity contribution in [2.24, 2.45) is 51.5 Å². The number of nitrogens with zero attached hydrogens (tertiary/aromatic N) is 3. The van der Waals surface area contributed by atoms with Crippen LogP contribution in [0.25, 0.3) is 10.4 Å². The standard InChI is InChI=1S/C31H53N3O7/c1-18(5-6-19(2)37)24-7-8-25-29-26(13-28(31(24,25)4)41-17-23(39)15-36)30(3)10-9-21(33-34-32)11-20(30)12-27(29)40-16-22(38)14-35/h18,20-29,35-36,38-39H,5-17H2,1-4H3/t18?,20-,21+,22?,23?,24+,25-,26-,27+,28-,29-,30-,31+/m0/s1. The van der Waals surface area contributed by atoms with Crippen molar-refractivity contribution < 1.29 is 34.7 Å². The third-order valence-electron chi connectivity index (χ3n) is 12.0. The first-order chi connectivity index (χ1) is 19.5. The number of carbonyl (C=O) groups is 1. The van der Waals surface area contributed by atoms with Gasteiger partial charge in [-0.2, -0.15) is 0 Å². The molecule has 0 aromatic carbocycles. The molecule has 0 radical (unpaired) electrons. The van der Waals surface area contributed by atoms with Gasteiger partial charge in [0.05, 0.1) is 38.6 Å². The molecule has 4 fully saturated rings. The van der Waals surface area contributed by atoms with Crippen LogP contribution in [0, 0.1) is 46.3 Å². The van der Waals surface area contributed by atoms with Gasteiger partial charge in [-0.25, -0.2) is 0 Å². The maximum absolute atomic E-state index is 11.9. The number of rotatable bonds is 13. The number of ether oxygens (including phenoxy) is 2. The van der Waals surface area contributed by atoms with E-state index < -0.39 is 12.2 Å². The smallest absolute Gasteiger partial charge is 0.129 e. The number of hydrogen-bond acceptors (Lipinski definition) is 8. The third kappa shape index (κ3) is 6.49. The molecule has 4 rings (SSSR count). The van der Waals surface area contributed by atoms with E-state index in [1.807, 2.05) is 0 Å². The molecule has 0 amide bonds. The number of ketones is 1. The Morgan fingerprint density at radius 1 is 1.02 bits per heavy atom. The van der Waals surface area contributed by atoms with Crippen LogP contribution in [0.5, 0.6) is 0 Å². The van der Waals surface area contributed by atoms with E-state index in [0.717, 1.165) is 51.4 Å². The van der Waals surface area contributed by atoms with E-state index in [1.54, 1.807) is 6.92 Å². The van der Waals surface area contributed by atoms with Crippen LogP contribution < -0.4 is 0 Å². The molecule has 0 aromatic rings. The van der Waals surface area contributed by atoms with Gasteiger partial charge in [-0.1, -0.05) is 25.9 Å². The summed E-state index contributed by atoms with van der Waals surface area (Å²) >= 11 is 0. The first kappa shape index (κ1) is 32.6. The van der Waals surface area contributed by atoms with Crippen LogP contribution in [-0.4, -0.2) is 83.1 Å². The van der Waals surface area contributed by atoms with E-state index in [2.05, 4.69) is 30.8 Å². The van der Waals surface area contributed by atoms with Crippen LogP contribution in [0.2, 0.25) is 0 Å². The van der Waals surface area contributed by atoms with Crippen LogP contribution in [-0.2, 0) is 14.3 Å². The molecule has 4 aliphatic carbocycles. The molecule has 3 unspecified atom stereocenters. The second kappa shape index (κ2) is 13.6. The molecule has 0 saturated heterocycles. The van der Waals surface area contributed by atoms with Gasteiger partial charge in [0, 0.05) is 22.8 Å². The molecule has 10 heteroatoms. The van der Waals surface area contributed by atoms with E-state index in [1.165, 1.54) is 0 Å². The summed E-state index contributed by atoms with van der Waals surface area (Å²) in [5.74, 6) is 2.01. The average molecular weight is 580 g/mol. The number of azide groups is 1. The summed E-state index contributed by atoms with van der Waals surface area (Å²) in [7, 11) is 0. The van der Waals surface area contributed by atoms with Crippen molar-refractivity contribution >= 4 is 5.78 Å². The Hall–Kier alpha value is -1.26. The molecular formula is C31H53N3O7. The summed E-state index contributed by atoms with van der Waals surface area (Å²) in [4.78, 5) is 15.0. The van der Waals surface area contributed by atoms with Gasteiger partial charge in [0.2, 0.25) is 0 Å². The second-order valence-electron chi connectivity index (χ2n) is 14.2. The van der Waals surface area contributed by atoms with E-state index in [4.69, 9.17) is 15.0 Å². The Morgan fingerprint density at radius 2 is 1.71 bits per heavy atom. The lowest BCUT2D eigenvalue weighted by atomic mass is 9.43. The Morgan fingerprint density at radius 3 is 2.34 bits per heavy atom. The predicted molar refractivity (Wildman–Crippen MR) is 154 cm³/mol. The van der Waals surface area contributed by atoms with Crippen LogP contribution in [0.1, 0.15) is 85.5 Å². The molecule has 13 atom stereocenters. The number of aliphatic hydroxyl groups excluding tert-OH is 4. The van der Waals surface area contributed by atoms with E-state index in [9.17, 15) is 25.2 Å². The van der Waals surface area contributed by atoms with E-state index in [0.29, 0.717) is 30.1 Å². The average Bonchev–Trinajstić information content (AvgIpc) is 3.31. The molecule has 41 heavy (non-hydrogen) atoms. The summed E-state index contributed by atoms with van der Waals surface area (Å²) in [5.41, 5.74) is 8.94. The third-order valence-corrected chi connectivity index (χ3v) is 12.0. The molecule has 0 aromatic heterocycles. The predicted octanol–water partition coefficient (Wildman–Crippen LogP) is 4.03. The Labute approximate surface area is 244 Å². The first-order valence-electron chi connectivity index (χ1n) is 15.8. The number of Topliss-reactive ketones (excluding diaryl/α,β-unsaturated/α-hetero) is 1. The lowest BCUT2D eigenvalue weighted by molar-refractivity contribution is -0.229. The van der Waals surface area contributed by atoms with Gasteiger partial charge < -0.3 is 34.7 Å². The summed E-state index contributed by atoms with van der Waals surface area (Å²) in [6.07, 6.45) is 5.67. The lowest BCUT2D eigenvalue weighted by Crippen LogP contribution is -2.63. The number of hydrogen-bond donors (Lipinski definition) is 4. The van der Waals surface area contributed by atoms with Crippen LogP contribution >= 0.6 is 0 Å². The molecular weight excluding hydrogens is 526 g/mol. The zero-order valence-corrected chi connectivity index (χ0v) is 25.4. The summed E-state index contributed by atoms with van der Waals surface area (Å²) in [6, 6.07) is -0.0306. The maximum atomic E-state index is 11.9. The Bertz CT molecular complexity index is 947. The SMILES string of the molecule is CC(=O)CCC(C)[C@H]1CC[C@H]2[C@@H]3[C@H](OCC(O)CO)C[C@@H]4C[C@H](N=[N+]=[N-])CC[C@]4(C)[C@H]3C[C@H](OCC(O)CO)[C@]12C. The van der Waals surface area contributed by atoms with Crippen LogP contribution in [0.4, 0.5) is 0 Å². The van der Waals surface area contributed by atoms with Crippen molar-refractivity contribution in [3.05, 3.63) is 10.4 Å². The summed E-state index contributed by atoms with van der Waals surface area (Å²) < 4.78 is 13.1. The molecule has 0 heterocycles. The minimum absolute atomic E-state index is 0.0124. The van der Waals surface area contributed by atoms with Gasteiger partial charge in [-0.3, -0.25) is 0 Å². The molecule has 4 saturated carbocycles. The monoisotopic (exact) mass is 579 g/mol. The van der Waals surface area contributed by atoms with Crippen molar-refractivity contribution in [3.8, 4) is 0 Å². The molecule has 4 N–H and O–H groups in total. The van der Waals surface area contributed by atoms with Crippen LogP contribution in [0.15, 0.2) is 5.11 Å². The highest BCUT2D eigenvalue weighted by atomic mass is 16.5. The topological polar surface area (TPSA) is 165 Å². The molecule has 234 valence electrons. The Balaban J connectivity index is 1.71. The minimum Gasteiger partial charge on any atom is -0.394 e. The van der Waals surface area contributed by atoms with Crippen molar-refractivity contribution in [3.63, 3.8) is 0 Å². The molecule has 0 aliphatic heterocycles. The molecule has 10 nitrogen and oxygen atoms in total. The van der Waals surface area contributed by atoms with Gasteiger partial charge in [0.25, 0.3) is 0 Å². The highest BCUT2D eigenvalue weighted by molar-refractivity contribution is 5.75. The highest BCUT2D eigenvalue weighted by Crippen LogP contribution is 2.69. The van der Waals surface area contributed by atoms with Crippen LogP contribution in [0.3, 0.4) is 0 Å². The number of carbonyl (C=O) groups excluding carboxylic acids is 1. The fourth-order valence-corrected chi connectivity index (χ4v) is 9.88. The van der Waals surface area contributed by atoms with Crippen molar-refractivity contribution in [1.82, 2.24) is 0 Å². The van der Waals surface area contributed by atoms with Gasteiger partial charge in [0.1, 0.15) is 18.0 Å². The number of fused-ring (bicyclic) bond motifs is 5. The Kier molecular flexibility index (Phi) is 10.8. The zero-order chi connectivity index (χ0) is 29.9. The van der Waals surface area contributed by atoms with Gasteiger partial charge >= 0.3 is 0 Å². The molecule has 0 bridgehead atoms. The first-order valence-corrected chi connectivity index (χ1v) is 15.8. The zero-order valence-electron chi connectivity index (χ0n) is 25.4. The quantitative estimate of drug-likeness (QED) is 0.145. The normalized spacial score (nSPS) is 42.2. The number of aliphatic hydroxyl groups is 4. The fraction of sp³-hybridized carbons (Fsp3) is 0.968. The van der Waals surface area contributed by atoms with Crippen molar-refractivity contribution in [2.45, 2.75) is 116 Å². The van der Waals surface area contributed by atoms with Gasteiger partial charge in [-0.15, -0.1) is 0 Å². The van der Waals surface area contributed by atoms with Gasteiger partial charge in [-0.05, 0) is 105 Å². The second-order valence-corrected chi connectivity index (χ2v) is 14.2. The van der Waals surface area contributed by atoms with Gasteiger partial charge in [0.15, 0.2) is 0 Å². The molecule has 4 aliphatic rings. The largest absolute Gasteiger partial charge is 0.394 e. The summed E-state index contributed by atoms with van der Waals surface area (Å²) in [5, 5.41) is 43.6. The van der Waals surface area contributed by atoms with Crippen molar-refractivity contribution in [2.75, 3.05) is 26.4 Å². The van der Waals surface area contributed by atoms with Crippen molar-refractivity contribution in [1.29, 1.82) is 0 Å². The van der Waals surface area contributed by atoms with E-state index >= 15 is 0 Å². The highest BCUT2D eigenvalue weighted by Gasteiger charge is 2.66. The maximum Gasteiger partial charge on any atom is 0.129 e. The fourth-order valence-electron chi connectivity index (χ4n) is 9.88. The van der Waals surface area contributed by atoms with E-state index in [-0.39, 0.29) is 73.1 Å². The lowest BCUT2D eigenvalue weighted by Gasteiger charge is -2.64. The molecule has 0 spiro atoms. The summed E-state index contributed by atoms with van der Waals surface area (Å²) in [6.45, 7) is 8.12. The minimum atomic E-state index is -0.935.